The largest absolute Gasteiger partial charge is 0.497 e. The summed E-state index contributed by atoms with van der Waals surface area (Å²) in [5.41, 5.74) is 4.07. The number of carbonyl (C=O) groups excluding carboxylic acids is 2. The first-order valence-electron chi connectivity index (χ1n) is 12.0. The van der Waals surface area contributed by atoms with Gasteiger partial charge in [0.2, 0.25) is 6.79 Å². The van der Waals surface area contributed by atoms with Crippen molar-refractivity contribution in [3.8, 4) is 17.2 Å². The monoisotopic (exact) mass is 509 g/mol. The normalized spacial score (nSPS) is 20.7. The van der Waals surface area contributed by atoms with Crippen molar-refractivity contribution in [3.63, 3.8) is 0 Å². The summed E-state index contributed by atoms with van der Waals surface area (Å²) in [6, 6.07) is 11.2. The highest BCUT2D eigenvalue weighted by Crippen LogP contribution is 2.49. The van der Waals surface area contributed by atoms with E-state index in [-0.39, 0.29) is 25.1 Å². The van der Waals surface area contributed by atoms with Crippen LogP contribution >= 0.6 is 11.6 Å². The number of nitrogens with one attached hydrogen (secondary N) is 1. The second-order valence-corrected chi connectivity index (χ2v) is 9.56. The van der Waals surface area contributed by atoms with Gasteiger partial charge in [0.15, 0.2) is 17.3 Å². The minimum Gasteiger partial charge on any atom is -0.497 e. The lowest BCUT2D eigenvalue weighted by molar-refractivity contribution is -0.139. The third-order valence-electron chi connectivity index (χ3n) is 6.87. The van der Waals surface area contributed by atoms with Gasteiger partial charge in [-0.15, -0.1) is 0 Å². The van der Waals surface area contributed by atoms with E-state index in [1.807, 2.05) is 38.1 Å². The maximum Gasteiger partial charge on any atom is 0.336 e. The molecule has 188 valence electrons. The van der Waals surface area contributed by atoms with Crippen molar-refractivity contribution in [2.24, 2.45) is 0 Å². The molecule has 8 heteroatoms. The van der Waals surface area contributed by atoms with Gasteiger partial charge in [0.25, 0.3) is 0 Å². The summed E-state index contributed by atoms with van der Waals surface area (Å²) in [6.45, 7) is 4.15. The number of methoxy groups -OCH3 is 1. The third-order valence-corrected chi connectivity index (χ3v) is 7.20. The maximum atomic E-state index is 13.8. The molecule has 0 aromatic heterocycles. The fourth-order valence-corrected chi connectivity index (χ4v) is 5.42. The first-order chi connectivity index (χ1) is 17.4. The predicted octanol–water partition coefficient (Wildman–Crippen LogP) is 5.39. The second-order valence-electron chi connectivity index (χ2n) is 9.15. The molecule has 2 atom stereocenters. The van der Waals surface area contributed by atoms with Crippen LogP contribution in [0.2, 0.25) is 5.02 Å². The summed E-state index contributed by atoms with van der Waals surface area (Å²) in [6.07, 6.45) is 1.64. The quantitative estimate of drug-likeness (QED) is 0.522. The standard InChI is InChI=1S/C28H28ClNO6/c1-4-9-34-28(32)25-15(2)30-21-10-17(16-5-7-18(33-3)8-6-16)11-22(31)27(21)26(25)19-12-23-24(13-20(19)29)36-14-35-23/h5-8,12-13,17,26,30H,4,9-11,14H2,1-3H3/t17-,26+/m1/s1. The molecule has 36 heavy (non-hydrogen) atoms. The van der Waals surface area contributed by atoms with Gasteiger partial charge in [-0.3, -0.25) is 4.79 Å². The van der Waals surface area contributed by atoms with Crippen LogP contribution in [0.3, 0.4) is 0 Å². The molecular weight excluding hydrogens is 482 g/mol. The molecule has 0 amide bonds. The lowest BCUT2D eigenvalue weighted by Gasteiger charge is -2.37. The summed E-state index contributed by atoms with van der Waals surface area (Å²) in [5, 5.41) is 3.76. The van der Waals surface area contributed by atoms with Gasteiger partial charge < -0.3 is 24.3 Å². The average molecular weight is 510 g/mol. The minimum absolute atomic E-state index is 0.00363. The van der Waals surface area contributed by atoms with Gasteiger partial charge >= 0.3 is 5.97 Å². The van der Waals surface area contributed by atoms with Gasteiger partial charge in [0.05, 0.1) is 19.3 Å². The van der Waals surface area contributed by atoms with E-state index in [9.17, 15) is 9.59 Å². The molecule has 0 saturated heterocycles. The summed E-state index contributed by atoms with van der Waals surface area (Å²) in [5.74, 6) is 0.684. The summed E-state index contributed by atoms with van der Waals surface area (Å²) in [4.78, 5) is 27.0. The molecular formula is C28H28ClNO6. The lowest BCUT2D eigenvalue weighted by Crippen LogP contribution is -2.36. The van der Waals surface area contributed by atoms with E-state index in [4.69, 9.17) is 30.5 Å². The van der Waals surface area contributed by atoms with E-state index >= 15 is 0 Å². The van der Waals surface area contributed by atoms with E-state index < -0.39 is 11.9 Å². The molecule has 2 aromatic rings. The zero-order valence-corrected chi connectivity index (χ0v) is 21.2. The Labute approximate surface area is 215 Å². The molecule has 0 saturated carbocycles. The van der Waals surface area contributed by atoms with E-state index in [0.717, 1.165) is 17.0 Å². The van der Waals surface area contributed by atoms with Crippen molar-refractivity contribution in [3.05, 3.63) is 75.1 Å². The van der Waals surface area contributed by atoms with Crippen molar-refractivity contribution in [2.45, 2.75) is 44.9 Å². The van der Waals surface area contributed by atoms with Crippen molar-refractivity contribution >= 4 is 23.4 Å². The number of ketones is 1. The van der Waals surface area contributed by atoms with Crippen molar-refractivity contribution < 1.29 is 28.5 Å². The van der Waals surface area contributed by atoms with Crippen LogP contribution in [-0.4, -0.2) is 32.3 Å². The summed E-state index contributed by atoms with van der Waals surface area (Å²) in [7, 11) is 1.63. The number of fused-ring (bicyclic) bond motifs is 1. The Balaban J connectivity index is 1.59. The van der Waals surface area contributed by atoms with Crippen molar-refractivity contribution in [2.75, 3.05) is 20.5 Å². The zero-order chi connectivity index (χ0) is 25.4. The average Bonchev–Trinajstić information content (AvgIpc) is 3.33. The van der Waals surface area contributed by atoms with Gasteiger partial charge in [-0.1, -0.05) is 30.7 Å². The topological polar surface area (TPSA) is 83.1 Å². The molecule has 5 rings (SSSR count). The van der Waals surface area contributed by atoms with Crippen molar-refractivity contribution in [1.29, 1.82) is 0 Å². The number of benzene rings is 2. The number of rotatable bonds is 6. The van der Waals surface area contributed by atoms with Crippen LogP contribution in [0.5, 0.6) is 17.2 Å². The van der Waals surface area contributed by atoms with Gasteiger partial charge in [-0.05, 0) is 55.0 Å². The first kappa shape index (κ1) is 24.3. The number of carbonyl (C=O) groups is 2. The van der Waals surface area contributed by atoms with Gasteiger partial charge in [0, 0.05) is 40.4 Å². The van der Waals surface area contributed by atoms with Crippen LogP contribution in [0.25, 0.3) is 0 Å². The maximum absolute atomic E-state index is 13.8. The smallest absolute Gasteiger partial charge is 0.336 e. The predicted molar refractivity (Wildman–Crippen MR) is 134 cm³/mol. The van der Waals surface area contributed by atoms with Crippen LogP contribution in [0.15, 0.2) is 58.9 Å². The van der Waals surface area contributed by atoms with Gasteiger partial charge in [0.1, 0.15) is 5.75 Å². The number of allylic oxidation sites excluding steroid dienone is 3. The van der Waals surface area contributed by atoms with Gasteiger partial charge in [-0.25, -0.2) is 4.79 Å². The van der Waals surface area contributed by atoms with E-state index in [2.05, 4.69) is 5.32 Å². The Bertz CT molecular complexity index is 1280. The van der Waals surface area contributed by atoms with Gasteiger partial charge in [-0.2, -0.15) is 0 Å². The van der Waals surface area contributed by atoms with Crippen LogP contribution in [0.1, 0.15) is 56.1 Å². The summed E-state index contributed by atoms with van der Waals surface area (Å²) >= 11 is 6.72. The molecule has 0 fully saturated rings. The van der Waals surface area contributed by atoms with E-state index in [0.29, 0.717) is 58.2 Å². The molecule has 2 aliphatic heterocycles. The third kappa shape index (κ3) is 4.32. The molecule has 0 spiro atoms. The molecule has 3 aliphatic rings. The first-order valence-corrected chi connectivity index (χ1v) is 12.4. The SMILES string of the molecule is CCCOC(=O)C1=C(C)NC2=C(C(=O)C[C@H](c3ccc(OC)cc3)C2)[C@H]1c1cc2c(cc1Cl)OCO2. The number of dihydropyridines is 1. The highest BCUT2D eigenvalue weighted by atomic mass is 35.5. The lowest BCUT2D eigenvalue weighted by atomic mass is 9.71. The zero-order valence-electron chi connectivity index (χ0n) is 20.5. The van der Waals surface area contributed by atoms with Crippen LogP contribution in [0.4, 0.5) is 0 Å². The number of halogens is 1. The van der Waals surface area contributed by atoms with Crippen LogP contribution in [0, 0.1) is 0 Å². The Hall–Kier alpha value is -3.45. The Morgan fingerprint density at radius 2 is 1.86 bits per heavy atom. The highest BCUT2D eigenvalue weighted by Gasteiger charge is 2.42. The molecule has 2 heterocycles. The highest BCUT2D eigenvalue weighted by molar-refractivity contribution is 6.32. The van der Waals surface area contributed by atoms with Crippen LogP contribution in [-0.2, 0) is 14.3 Å². The fraction of sp³-hybridized carbons (Fsp3) is 0.357. The van der Waals surface area contributed by atoms with E-state index in [1.165, 1.54) is 0 Å². The molecule has 2 aromatic carbocycles. The number of hydrogen-bond acceptors (Lipinski definition) is 7. The molecule has 0 bridgehead atoms. The molecule has 0 unspecified atom stereocenters. The second kappa shape index (κ2) is 9.90. The molecule has 0 radical (unpaired) electrons. The Kier molecular flexibility index (Phi) is 6.67. The number of esters is 1. The van der Waals surface area contributed by atoms with E-state index in [1.54, 1.807) is 19.2 Å². The Morgan fingerprint density at radius 1 is 1.14 bits per heavy atom. The molecule has 1 aliphatic carbocycles. The van der Waals surface area contributed by atoms with Crippen molar-refractivity contribution in [1.82, 2.24) is 5.32 Å². The fourth-order valence-electron chi connectivity index (χ4n) is 5.16. The number of ether oxygens (including phenoxy) is 4. The molecule has 7 nitrogen and oxygen atoms in total. The Morgan fingerprint density at radius 3 is 2.56 bits per heavy atom. The molecule has 1 N–H and O–H groups in total. The number of hydrogen-bond donors (Lipinski definition) is 1. The van der Waals surface area contributed by atoms with Crippen LogP contribution < -0.4 is 19.5 Å². The summed E-state index contributed by atoms with van der Waals surface area (Å²) < 4.78 is 21.9. The minimum atomic E-state index is -0.670. The number of Topliss-reactive ketones (excluding diaryl/α,β-unsaturated/α-hetero) is 1.